The van der Waals surface area contributed by atoms with Gasteiger partial charge in [0.1, 0.15) is 0 Å². The van der Waals surface area contributed by atoms with Gasteiger partial charge in [-0.05, 0) is 43.3 Å². The Morgan fingerprint density at radius 3 is 2.63 bits per heavy atom. The molecule has 0 unspecified atom stereocenters. The van der Waals surface area contributed by atoms with Crippen LogP contribution in [0.15, 0.2) is 22.9 Å². The fourth-order valence-electron chi connectivity index (χ4n) is 3.78. The van der Waals surface area contributed by atoms with Crippen molar-refractivity contribution in [3.63, 3.8) is 0 Å². The molecule has 5 nitrogen and oxygen atoms in total. The first-order valence-corrected chi connectivity index (χ1v) is 11.6. The van der Waals surface area contributed by atoms with Crippen molar-refractivity contribution >= 4 is 33.7 Å². The number of rotatable bonds is 5. The summed E-state index contributed by atoms with van der Waals surface area (Å²) in [6.07, 6.45) is 3.14. The molecule has 2 saturated heterocycles. The van der Waals surface area contributed by atoms with E-state index in [-0.39, 0.29) is 5.91 Å². The van der Waals surface area contributed by atoms with Crippen LogP contribution in [0.3, 0.4) is 0 Å². The van der Waals surface area contributed by atoms with Gasteiger partial charge < -0.3 is 9.80 Å². The van der Waals surface area contributed by atoms with Crippen molar-refractivity contribution in [2.75, 3.05) is 44.2 Å². The molecule has 2 aliphatic heterocycles. The maximum atomic E-state index is 12.5. The lowest BCUT2D eigenvalue weighted by Crippen LogP contribution is -2.49. The Labute approximate surface area is 169 Å². The fraction of sp³-hybridized carbons (Fsp3) is 0.600. The largest absolute Gasteiger partial charge is 0.345 e. The molecule has 4 rings (SSSR count). The zero-order chi connectivity index (χ0) is 18.6. The van der Waals surface area contributed by atoms with Crippen LogP contribution in [0.25, 0.3) is 0 Å². The summed E-state index contributed by atoms with van der Waals surface area (Å²) in [5, 5.41) is 5.35. The Morgan fingerprint density at radius 2 is 1.93 bits per heavy atom. The van der Waals surface area contributed by atoms with E-state index in [0.717, 1.165) is 48.7 Å². The highest BCUT2D eigenvalue weighted by atomic mass is 32.1. The third-order valence-electron chi connectivity index (χ3n) is 5.61. The second kappa shape index (κ2) is 8.71. The van der Waals surface area contributed by atoms with E-state index in [9.17, 15) is 4.79 Å². The Balaban J connectivity index is 1.26. The quantitative estimate of drug-likeness (QED) is 0.766. The van der Waals surface area contributed by atoms with Gasteiger partial charge in [-0.25, -0.2) is 4.98 Å². The van der Waals surface area contributed by atoms with Crippen LogP contribution in [-0.4, -0.2) is 60.0 Å². The van der Waals surface area contributed by atoms with Gasteiger partial charge in [0, 0.05) is 43.0 Å². The van der Waals surface area contributed by atoms with Crippen molar-refractivity contribution in [2.24, 2.45) is 5.92 Å². The summed E-state index contributed by atoms with van der Waals surface area (Å²) in [6, 6.07) is 4.05. The number of carbonyl (C=O) groups is 1. The fourth-order valence-corrected chi connectivity index (χ4v) is 5.35. The van der Waals surface area contributed by atoms with Crippen molar-refractivity contribution in [2.45, 2.75) is 32.7 Å². The van der Waals surface area contributed by atoms with Crippen molar-refractivity contribution in [3.05, 3.63) is 33.5 Å². The van der Waals surface area contributed by atoms with Gasteiger partial charge in [0.15, 0.2) is 5.13 Å². The molecule has 0 N–H and O–H groups in total. The molecule has 2 aromatic rings. The monoisotopic (exact) mass is 404 g/mol. The first-order valence-electron chi connectivity index (χ1n) is 9.89. The number of hydrogen-bond donors (Lipinski definition) is 0. The maximum Gasteiger partial charge on any atom is 0.227 e. The Hall–Kier alpha value is -1.44. The number of aromatic nitrogens is 1. The summed E-state index contributed by atoms with van der Waals surface area (Å²) in [5.41, 5.74) is 1.20. The summed E-state index contributed by atoms with van der Waals surface area (Å²) in [6.45, 7) is 9.06. The van der Waals surface area contributed by atoms with Gasteiger partial charge in [0.2, 0.25) is 5.91 Å². The van der Waals surface area contributed by atoms with E-state index in [2.05, 4.69) is 22.1 Å². The number of likely N-dealkylation sites (tertiary alicyclic amines) is 1. The Kier molecular flexibility index (Phi) is 6.10. The van der Waals surface area contributed by atoms with Crippen LogP contribution < -0.4 is 4.90 Å². The number of anilines is 1. The molecule has 0 aromatic carbocycles. The molecule has 146 valence electrons. The molecular formula is C20H28N4OS2. The van der Waals surface area contributed by atoms with E-state index in [1.54, 1.807) is 22.7 Å². The van der Waals surface area contributed by atoms with Crippen LogP contribution >= 0.6 is 22.7 Å². The van der Waals surface area contributed by atoms with Gasteiger partial charge in [-0.15, -0.1) is 22.7 Å². The van der Waals surface area contributed by atoms with Crippen molar-refractivity contribution in [3.8, 4) is 0 Å². The van der Waals surface area contributed by atoms with E-state index in [0.29, 0.717) is 6.42 Å². The van der Waals surface area contributed by atoms with Gasteiger partial charge >= 0.3 is 0 Å². The normalized spacial score (nSPS) is 19.6. The molecule has 0 saturated carbocycles. The number of carbonyl (C=O) groups excluding carboxylic acids is 1. The number of hydrogen-bond acceptors (Lipinski definition) is 6. The summed E-state index contributed by atoms with van der Waals surface area (Å²) in [7, 11) is 0. The Morgan fingerprint density at radius 1 is 1.15 bits per heavy atom. The zero-order valence-electron chi connectivity index (χ0n) is 16.0. The van der Waals surface area contributed by atoms with Crippen LogP contribution in [0.4, 0.5) is 5.13 Å². The number of thiophene rings is 1. The van der Waals surface area contributed by atoms with Gasteiger partial charge in [-0.2, -0.15) is 0 Å². The molecule has 1 amide bonds. The lowest BCUT2D eigenvalue weighted by atomic mass is 9.99. The third kappa shape index (κ3) is 4.89. The topological polar surface area (TPSA) is 39.7 Å². The van der Waals surface area contributed by atoms with Crippen LogP contribution in [0, 0.1) is 5.92 Å². The molecule has 4 heterocycles. The van der Waals surface area contributed by atoms with Crippen molar-refractivity contribution in [1.82, 2.24) is 14.8 Å². The number of nitrogens with zero attached hydrogens (tertiary/aromatic N) is 4. The van der Waals surface area contributed by atoms with Crippen LogP contribution in [0.2, 0.25) is 0 Å². The van der Waals surface area contributed by atoms with Gasteiger partial charge in [0.05, 0.1) is 12.1 Å². The van der Waals surface area contributed by atoms with Crippen LogP contribution in [0.5, 0.6) is 0 Å². The molecule has 0 atom stereocenters. The third-order valence-corrected chi connectivity index (χ3v) is 7.44. The van der Waals surface area contributed by atoms with E-state index in [1.807, 2.05) is 22.4 Å². The van der Waals surface area contributed by atoms with E-state index in [1.165, 1.54) is 31.6 Å². The lowest BCUT2D eigenvalue weighted by molar-refractivity contribution is -0.130. The minimum Gasteiger partial charge on any atom is -0.345 e. The number of piperazine rings is 1. The zero-order valence-corrected chi connectivity index (χ0v) is 17.6. The summed E-state index contributed by atoms with van der Waals surface area (Å²) >= 11 is 3.40. The standard InChI is InChI=1S/C20H28N4OS2/c1-16-4-6-22(7-5-16)14-17-15-27-20(21-17)24-10-8-23(9-11-24)19(25)13-18-3-2-12-26-18/h2-3,12,15-16H,4-11,13-14H2,1H3. The first-order chi connectivity index (χ1) is 13.2. The van der Waals surface area contributed by atoms with Gasteiger partial charge in [0.25, 0.3) is 0 Å². The minimum absolute atomic E-state index is 0.247. The van der Waals surface area contributed by atoms with Crippen molar-refractivity contribution in [1.29, 1.82) is 0 Å². The average molecular weight is 405 g/mol. The van der Waals surface area contributed by atoms with Crippen molar-refractivity contribution < 1.29 is 4.79 Å². The molecule has 27 heavy (non-hydrogen) atoms. The summed E-state index contributed by atoms with van der Waals surface area (Å²) in [4.78, 5) is 25.3. The molecule has 2 aromatic heterocycles. The van der Waals surface area contributed by atoms with E-state index in [4.69, 9.17) is 4.98 Å². The molecule has 0 bridgehead atoms. The Bertz CT molecular complexity index is 729. The second-order valence-corrected chi connectivity index (χ2v) is 9.57. The first kappa shape index (κ1) is 18.9. The molecule has 0 spiro atoms. The molecule has 2 fully saturated rings. The minimum atomic E-state index is 0.247. The molecule has 0 aliphatic carbocycles. The maximum absolute atomic E-state index is 12.5. The average Bonchev–Trinajstić information content (AvgIpc) is 3.36. The number of piperidine rings is 1. The van der Waals surface area contributed by atoms with Gasteiger partial charge in [-0.1, -0.05) is 13.0 Å². The molecule has 0 radical (unpaired) electrons. The van der Waals surface area contributed by atoms with Crippen LogP contribution in [0.1, 0.15) is 30.3 Å². The number of thiazole rings is 1. The molecule has 7 heteroatoms. The molecular weight excluding hydrogens is 376 g/mol. The smallest absolute Gasteiger partial charge is 0.227 e. The van der Waals surface area contributed by atoms with E-state index >= 15 is 0 Å². The predicted molar refractivity (Wildman–Crippen MR) is 113 cm³/mol. The molecule has 2 aliphatic rings. The number of amides is 1. The highest BCUT2D eigenvalue weighted by molar-refractivity contribution is 7.13. The summed E-state index contributed by atoms with van der Waals surface area (Å²) in [5.74, 6) is 1.11. The SMILES string of the molecule is CC1CCN(Cc2csc(N3CCN(C(=O)Cc4cccs4)CC3)n2)CC1. The van der Waals surface area contributed by atoms with Crippen LogP contribution in [-0.2, 0) is 17.8 Å². The highest BCUT2D eigenvalue weighted by Gasteiger charge is 2.23. The van der Waals surface area contributed by atoms with E-state index < -0.39 is 0 Å². The highest BCUT2D eigenvalue weighted by Crippen LogP contribution is 2.24. The predicted octanol–water partition coefficient (Wildman–Crippen LogP) is 3.33. The lowest BCUT2D eigenvalue weighted by Gasteiger charge is -2.34. The van der Waals surface area contributed by atoms with Gasteiger partial charge in [-0.3, -0.25) is 9.69 Å². The second-order valence-electron chi connectivity index (χ2n) is 7.70. The summed E-state index contributed by atoms with van der Waals surface area (Å²) < 4.78 is 0.